The van der Waals surface area contributed by atoms with Crippen LogP contribution >= 0.6 is 0 Å². The summed E-state index contributed by atoms with van der Waals surface area (Å²) in [4.78, 5) is 2.65. The fourth-order valence-electron chi connectivity index (χ4n) is 3.67. The first-order valence-corrected chi connectivity index (χ1v) is 8.80. The van der Waals surface area contributed by atoms with Gasteiger partial charge in [0.2, 0.25) is 0 Å². The van der Waals surface area contributed by atoms with Crippen LogP contribution in [0.15, 0.2) is 60.7 Å². The first-order valence-electron chi connectivity index (χ1n) is 8.80. The predicted octanol–water partition coefficient (Wildman–Crippen LogP) is 4.20. The van der Waals surface area contributed by atoms with Crippen LogP contribution in [0.25, 0.3) is 0 Å². The lowest BCUT2D eigenvalue weighted by atomic mass is 9.82. The first kappa shape index (κ1) is 16.2. The van der Waals surface area contributed by atoms with Crippen molar-refractivity contribution >= 4 is 0 Å². The SMILES string of the molecule is CC1CC(N(Cc2ccccc2)Cc2ccccc2)CCC1N. The van der Waals surface area contributed by atoms with E-state index in [1.165, 1.54) is 24.0 Å². The molecule has 0 heterocycles. The molecule has 0 spiro atoms. The lowest BCUT2D eigenvalue weighted by molar-refractivity contribution is 0.110. The molecule has 0 aliphatic heterocycles. The second-order valence-electron chi connectivity index (χ2n) is 6.98. The monoisotopic (exact) mass is 308 g/mol. The Morgan fingerprint density at radius 2 is 1.39 bits per heavy atom. The molecule has 2 aromatic rings. The maximum absolute atomic E-state index is 6.23. The zero-order chi connectivity index (χ0) is 16.1. The third-order valence-corrected chi connectivity index (χ3v) is 5.18. The van der Waals surface area contributed by atoms with E-state index >= 15 is 0 Å². The summed E-state index contributed by atoms with van der Waals surface area (Å²) in [6.45, 7) is 4.34. The Kier molecular flexibility index (Phi) is 5.47. The molecule has 1 aliphatic rings. The van der Waals surface area contributed by atoms with Crippen LogP contribution in [0.4, 0.5) is 0 Å². The van der Waals surface area contributed by atoms with E-state index in [9.17, 15) is 0 Å². The van der Waals surface area contributed by atoms with E-state index in [1.54, 1.807) is 0 Å². The molecule has 1 fully saturated rings. The van der Waals surface area contributed by atoms with Crippen molar-refractivity contribution in [3.8, 4) is 0 Å². The van der Waals surface area contributed by atoms with Gasteiger partial charge in [0.05, 0.1) is 0 Å². The molecule has 23 heavy (non-hydrogen) atoms. The molecule has 2 nitrogen and oxygen atoms in total. The molecule has 2 N–H and O–H groups in total. The van der Waals surface area contributed by atoms with Gasteiger partial charge in [-0.2, -0.15) is 0 Å². The number of benzene rings is 2. The molecule has 3 rings (SSSR count). The summed E-state index contributed by atoms with van der Waals surface area (Å²) >= 11 is 0. The Hall–Kier alpha value is -1.64. The van der Waals surface area contributed by atoms with Gasteiger partial charge in [-0.05, 0) is 36.3 Å². The third kappa shape index (κ3) is 4.43. The van der Waals surface area contributed by atoms with E-state index in [-0.39, 0.29) is 0 Å². The lowest BCUT2D eigenvalue weighted by Gasteiger charge is -2.39. The Morgan fingerprint density at radius 1 is 0.870 bits per heavy atom. The Bertz CT molecular complexity index is 540. The molecule has 0 saturated heterocycles. The molecule has 0 aromatic heterocycles. The minimum absolute atomic E-state index is 0.376. The molecule has 0 amide bonds. The molecule has 1 aliphatic carbocycles. The maximum atomic E-state index is 6.23. The van der Waals surface area contributed by atoms with Gasteiger partial charge < -0.3 is 5.73 Å². The molecular formula is C21H28N2. The molecule has 3 unspecified atom stereocenters. The van der Waals surface area contributed by atoms with Gasteiger partial charge in [0.25, 0.3) is 0 Å². The van der Waals surface area contributed by atoms with Gasteiger partial charge in [-0.3, -0.25) is 4.90 Å². The second kappa shape index (κ2) is 7.76. The van der Waals surface area contributed by atoms with Crippen LogP contribution in [0.5, 0.6) is 0 Å². The van der Waals surface area contributed by atoms with Crippen LogP contribution in [0.1, 0.15) is 37.3 Å². The highest BCUT2D eigenvalue weighted by Gasteiger charge is 2.29. The average Bonchev–Trinajstić information content (AvgIpc) is 2.59. The van der Waals surface area contributed by atoms with Crippen molar-refractivity contribution in [3.05, 3.63) is 71.8 Å². The highest BCUT2D eigenvalue weighted by Crippen LogP contribution is 2.29. The Morgan fingerprint density at radius 3 is 1.87 bits per heavy atom. The number of rotatable bonds is 5. The van der Waals surface area contributed by atoms with E-state index < -0.39 is 0 Å². The first-order chi connectivity index (χ1) is 11.2. The summed E-state index contributed by atoms with van der Waals surface area (Å²) in [6.07, 6.45) is 3.57. The van der Waals surface area contributed by atoms with Crippen molar-refractivity contribution in [3.63, 3.8) is 0 Å². The quantitative estimate of drug-likeness (QED) is 0.896. The fraction of sp³-hybridized carbons (Fsp3) is 0.429. The van der Waals surface area contributed by atoms with Gasteiger partial charge in [0.1, 0.15) is 0 Å². The van der Waals surface area contributed by atoms with E-state index in [1.807, 2.05) is 0 Å². The van der Waals surface area contributed by atoms with Crippen molar-refractivity contribution in [2.75, 3.05) is 0 Å². The largest absolute Gasteiger partial charge is 0.327 e. The molecule has 2 aromatic carbocycles. The minimum Gasteiger partial charge on any atom is -0.327 e. The number of nitrogens with two attached hydrogens (primary N) is 1. The Balaban J connectivity index is 1.75. The minimum atomic E-state index is 0.376. The smallest absolute Gasteiger partial charge is 0.0240 e. The van der Waals surface area contributed by atoms with E-state index in [4.69, 9.17) is 5.73 Å². The Labute approximate surface area is 140 Å². The summed E-state index contributed by atoms with van der Waals surface area (Å²) in [5.74, 6) is 0.614. The molecule has 0 radical (unpaired) electrons. The van der Waals surface area contributed by atoms with Gasteiger partial charge in [0.15, 0.2) is 0 Å². The van der Waals surface area contributed by atoms with E-state index in [0.717, 1.165) is 19.5 Å². The van der Waals surface area contributed by atoms with Crippen molar-refractivity contribution in [1.29, 1.82) is 0 Å². The zero-order valence-corrected chi connectivity index (χ0v) is 14.1. The molecule has 3 atom stereocenters. The summed E-state index contributed by atoms with van der Waals surface area (Å²) in [5, 5.41) is 0. The van der Waals surface area contributed by atoms with Crippen molar-refractivity contribution in [2.24, 2.45) is 11.7 Å². The van der Waals surface area contributed by atoms with Gasteiger partial charge in [-0.1, -0.05) is 67.6 Å². The summed E-state index contributed by atoms with van der Waals surface area (Å²) in [6, 6.07) is 22.7. The second-order valence-corrected chi connectivity index (χ2v) is 6.98. The van der Waals surface area contributed by atoms with Crippen molar-refractivity contribution < 1.29 is 0 Å². The normalized spacial score (nSPS) is 24.7. The fourth-order valence-corrected chi connectivity index (χ4v) is 3.67. The highest BCUT2D eigenvalue weighted by molar-refractivity contribution is 5.17. The molecule has 2 heteroatoms. The number of nitrogens with zero attached hydrogens (tertiary/aromatic N) is 1. The summed E-state index contributed by atoms with van der Waals surface area (Å²) in [5.41, 5.74) is 9.02. The lowest BCUT2D eigenvalue weighted by Crippen LogP contribution is -2.44. The number of hydrogen-bond donors (Lipinski definition) is 1. The standard InChI is InChI=1S/C21H28N2/c1-17-14-20(12-13-21(17)22)23(15-18-8-4-2-5-9-18)16-19-10-6-3-7-11-19/h2-11,17,20-21H,12-16,22H2,1H3. The van der Waals surface area contributed by atoms with Crippen LogP contribution in [0, 0.1) is 5.92 Å². The summed E-state index contributed by atoms with van der Waals surface area (Å²) < 4.78 is 0. The topological polar surface area (TPSA) is 29.3 Å². The highest BCUT2D eigenvalue weighted by atomic mass is 15.2. The van der Waals surface area contributed by atoms with Crippen LogP contribution in [0.3, 0.4) is 0 Å². The molecule has 122 valence electrons. The van der Waals surface area contributed by atoms with E-state index in [0.29, 0.717) is 18.0 Å². The van der Waals surface area contributed by atoms with Crippen molar-refractivity contribution in [2.45, 2.75) is 51.4 Å². The van der Waals surface area contributed by atoms with Gasteiger partial charge in [-0.15, -0.1) is 0 Å². The molecule has 0 bridgehead atoms. The van der Waals surface area contributed by atoms with Crippen LogP contribution in [-0.4, -0.2) is 17.0 Å². The molecular weight excluding hydrogens is 280 g/mol. The van der Waals surface area contributed by atoms with E-state index in [2.05, 4.69) is 72.5 Å². The average molecular weight is 308 g/mol. The molecule has 1 saturated carbocycles. The predicted molar refractivity (Wildman–Crippen MR) is 96.9 cm³/mol. The maximum Gasteiger partial charge on any atom is 0.0240 e. The summed E-state index contributed by atoms with van der Waals surface area (Å²) in [7, 11) is 0. The number of hydrogen-bond acceptors (Lipinski definition) is 2. The zero-order valence-electron chi connectivity index (χ0n) is 14.1. The van der Waals surface area contributed by atoms with Crippen LogP contribution in [-0.2, 0) is 13.1 Å². The third-order valence-electron chi connectivity index (χ3n) is 5.18. The van der Waals surface area contributed by atoms with Crippen LogP contribution < -0.4 is 5.73 Å². The van der Waals surface area contributed by atoms with Crippen LogP contribution in [0.2, 0.25) is 0 Å². The van der Waals surface area contributed by atoms with Crippen molar-refractivity contribution in [1.82, 2.24) is 4.90 Å². The van der Waals surface area contributed by atoms with Gasteiger partial charge in [-0.25, -0.2) is 0 Å². The van der Waals surface area contributed by atoms with Gasteiger partial charge in [0, 0.05) is 25.2 Å². The van der Waals surface area contributed by atoms with Gasteiger partial charge >= 0.3 is 0 Å².